The van der Waals surface area contributed by atoms with Crippen molar-refractivity contribution in [1.29, 1.82) is 0 Å². The van der Waals surface area contributed by atoms with Gasteiger partial charge in [-0.2, -0.15) is 0 Å². The van der Waals surface area contributed by atoms with Crippen molar-refractivity contribution in [1.82, 2.24) is 0 Å². The summed E-state index contributed by atoms with van der Waals surface area (Å²) in [5.41, 5.74) is -0.686. The van der Waals surface area contributed by atoms with Gasteiger partial charge in [-0.05, 0) is 44.7 Å². The van der Waals surface area contributed by atoms with Crippen LogP contribution in [-0.4, -0.2) is 34.3 Å². The number of aliphatic hydroxyl groups is 1. The molecule has 4 nitrogen and oxygen atoms in total. The van der Waals surface area contributed by atoms with Gasteiger partial charge in [0.25, 0.3) is 0 Å². The second-order valence-corrected chi connectivity index (χ2v) is 7.36. The van der Waals surface area contributed by atoms with Crippen LogP contribution in [0, 0.1) is 11.8 Å². The number of Topliss-reactive ketones (excluding diaryl/α,β-unsaturated/α-hetero) is 3. The zero-order valence-electron chi connectivity index (χ0n) is 13.8. The Hall–Kier alpha value is -1.46. The molecular weight excluding hydrogens is 312 g/mol. The van der Waals surface area contributed by atoms with E-state index in [-0.39, 0.29) is 23.8 Å². The summed E-state index contributed by atoms with van der Waals surface area (Å²) < 4.78 is 0. The number of ketones is 3. The van der Waals surface area contributed by atoms with E-state index >= 15 is 0 Å². The monoisotopic (exact) mass is 334 g/mol. The average molecular weight is 334 g/mol. The number of hydrogen-bond acceptors (Lipinski definition) is 5. The average Bonchev–Trinajstić information content (AvgIpc) is 2.44. The highest BCUT2D eigenvalue weighted by Crippen LogP contribution is 2.46. The fourth-order valence-electron chi connectivity index (χ4n) is 3.73. The minimum Gasteiger partial charge on any atom is -0.389 e. The number of thioether (sulfide) groups is 1. The molecule has 0 spiro atoms. The normalized spacial score (nSPS) is 31.0. The van der Waals surface area contributed by atoms with Crippen molar-refractivity contribution in [3.63, 3.8) is 0 Å². The molecule has 2 rings (SSSR count). The lowest BCUT2D eigenvalue weighted by atomic mass is 9.60. The van der Waals surface area contributed by atoms with E-state index in [9.17, 15) is 19.5 Å². The highest BCUT2D eigenvalue weighted by Gasteiger charge is 2.53. The van der Waals surface area contributed by atoms with Crippen LogP contribution < -0.4 is 0 Å². The summed E-state index contributed by atoms with van der Waals surface area (Å²) in [6.07, 6.45) is 1.79. The Morgan fingerprint density at radius 2 is 1.74 bits per heavy atom. The molecule has 1 N–H and O–H groups in total. The van der Waals surface area contributed by atoms with E-state index in [0.717, 1.165) is 10.5 Å². The third-order valence-electron chi connectivity index (χ3n) is 4.64. The molecule has 0 bridgehead atoms. The van der Waals surface area contributed by atoms with Crippen LogP contribution >= 0.6 is 11.8 Å². The first kappa shape index (κ1) is 17.9. The van der Waals surface area contributed by atoms with Gasteiger partial charge < -0.3 is 5.11 Å². The lowest BCUT2D eigenvalue weighted by Gasteiger charge is -2.44. The van der Waals surface area contributed by atoms with E-state index in [1.54, 1.807) is 11.8 Å². The lowest BCUT2D eigenvalue weighted by molar-refractivity contribution is -0.151. The number of carbonyl (C=O) groups is 3. The van der Waals surface area contributed by atoms with Crippen molar-refractivity contribution in [2.45, 2.75) is 43.6 Å². The Kier molecular flexibility index (Phi) is 5.11. The summed E-state index contributed by atoms with van der Waals surface area (Å²) in [6.45, 7) is 4.30. The Balaban J connectivity index is 2.58. The number of carbonyl (C=O) groups excluding carboxylic acids is 3. The molecule has 5 heteroatoms. The van der Waals surface area contributed by atoms with Gasteiger partial charge in [-0.15, -0.1) is 11.8 Å². The molecule has 0 heterocycles. The van der Waals surface area contributed by atoms with E-state index in [1.807, 2.05) is 30.5 Å². The molecular formula is C18H22O4S. The van der Waals surface area contributed by atoms with Crippen molar-refractivity contribution in [2.75, 3.05) is 6.26 Å². The number of rotatable bonds is 4. The summed E-state index contributed by atoms with van der Waals surface area (Å²) in [7, 11) is 0. The highest BCUT2D eigenvalue weighted by atomic mass is 32.2. The van der Waals surface area contributed by atoms with Crippen molar-refractivity contribution in [3.8, 4) is 0 Å². The molecule has 0 amide bonds. The Morgan fingerprint density at radius 1 is 1.17 bits per heavy atom. The van der Waals surface area contributed by atoms with Gasteiger partial charge in [0.15, 0.2) is 0 Å². The quantitative estimate of drug-likeness (QED) is 0.677. The largest absolute Gasteiger partial charge is 0.389 e. The molecule has 124 valence electrons. The second-order valence-electron chi connectivity index (χ2n) is 6.48. The van der Waals surface area contributed by atoms with Crippen molar-refractivity contribution in [2.24, 2.45) is 11.8 Å². The van der Waals surface area contributed by atoms with Crippen LogP contribution in [0.4, 0.5) is 0 Å². The van der Waals surface area contributed by atoms with Gasteiger partial charge >= 0.3 is 0 Å². The van der Waals surface area contributed by atoms with Crippen LogP contribution in [-0.2, 0) is 14.4 Å². The molecule has 1 aliphatic rings. The number of hydrogen-bond donors (Lipinski definition) is 1. The summed E-state index contributed by atoms with van der Waals surface area (Å²) in [5, 5.41) is 10.7. The van der Waals surface area contributed by atoms with Crippen molar-refractivity contribution in [3.05, 3.63) is 29.8 Å². The van der Waals surface area contributed by atoms with Gasteiger partial charge in [0.2, 0.25) is 0 Å². The maximum atomic E-state index is 12.4. The van der Waals surface area contributed by atoms with Gasteiger partial charge in [0, 0.05) is 17.2 Å². The fourth-order valence-corrected chi connectivity index (χ4v) is 4.14. The molecule has 23 heavy (non-hydrogen) atoms. The van der Waals surface area contributed by atoms with Crippen LogP contribution in [0.25, 0.3) is 0 Å². The molecule has 1 fully saturated rings. The minimum absolute atomic E-state index is 0.166. The summed E-state index contributed by atoms with van der Waals surface area (Å²) in [5.74, 6) is -3.00. The molecule has 1 aromatic carbocycles. The van der Waals surface area contributed by atoms with Crippen molar-refractivity contribution < 1.29 is 19.5 Å². The van der Waals surface area contributed by atoms with E-state index in [0.29, 0.717) is 0 Å². The molecule has 0 saturated heterocycles. The van der Waals surface area contributed by atoms with Gasteiger partial charge in [0.1, 0.15) is 17.3 Å². The maximum Gasteiger partial charge on any atom is 0.146 e. The van der Waals surface area contributed by atoms with E-state index in [2.05, 4.69) is 0 Å². The van der Waals surface area contributed by atoms with E-state index in [1.165, 1.54) is 20.8 Å². The molecule has 0 unspecified atom stereocenters. The van der Waals surface area contributed by atoms with Gasteiger partial charge in [0.05, 0.1) is 17.4 Å². The van der Waals surface area contributed by atoms with Gasteiger partial charge in [-0.1, -0.05) is 12.1 Å². The predicted octanol–water partition coefficient (Wildman–Crippen LogP) is 2.63. The van der Waals surface area contributed by atoms with Crippen LogP contribution in [0.5, 0.6) is 0 Å². The summed E-state index contributed by atoms with van der Waals surface area (Å²) in [4.78, 5) is 37.8. The van der Waals surface area contributed by atoms with E-state index in [4.69, 9.17) is 0 Å². The van der Waals surface area contributed by atoms with Crippen LogP contribution in [0.15, 0.2) is 29.2 Å². The minimum atomic E-state index is -1.43. The Bertz CT molecular complexity index is 633. The lowest BCUT2D eigenvalue weighted by Crippen LogP contribution is -2.53. The first-order valence-corrected chi connectivity index (χ1v) is 8.81. The smallest absolute Gasteiger partial charge is 0.146 e. The SMILES string of the molecule is CSc1ccc([C@@H]2[C@H](C(C)=O)C(=O)C[C@](C)(O)[C@H]2C(C)=O)cc1. The van der Waals surface area contributed by atoms with Gasteiger partial charge in [-0.25, -0.2) is 0 Å². The molecule has 1 aromatic rings. The maximum absolute atomic E-state index is 12.4. The zero-order chi connectivity index (χ0) is 17.4. The third-order valence-corrected chi connectivity index (χ3v) is 5.39. The first-order valence-electron chi connectivity index (χ1n) is 7.59. The zero-order valence-corrected chi connectivity index (χ0v) is 14.6. The molecule has 4 atom stereocenters. The Labute approximate surface area is 140 Å². The highest BCUT2D eigenvalue weighted by molar-refractivity contribution is 7.98. The first-order chi connectivity index (χ1) is 10.7. The standard InChI is InChI=1S/C18H22O4S/c1-10(19)15-14(21)9-18(3,22)17(11(2)20)16(15)12-5-7-13(23-4)8-6-12/h5-8,15-17,22H,9H2,1-4H3/t15-,16-,17+,18+/m1/s1. The van der Waals surface area contributed by atoms with Crippen LogP contribution in [0.1, 0.15) is 38.7 Å². The third kappa shape index (κ3) is 3.40. The van der Waals surface area contributed by atoms with Crippen LogP contribution in [0.2, 0.25) is 0 Å². The molecule has 0 radical (unpaired) electrons. The molecule has 1 saturated carbocycles. The molecule has 1 aliphatic carbocycles. The second kappa shape index (κ2) is 6.57. The molecule has 0 aromatic heterocycles. The van der Waals surface area contributed by atoms with E-state index < -0.39 is 23.4 Å². The number of benzene rings is 1. The summed E-state index contributed by atoms with van der Waals surface area (Å²) in [6, 6.07) is 7.50. The topological polar surface area (TPSA) is 71.4 Å². The van der Waals surface area contributed by atoms with Crippen molar-refractivity contribution >= 4 is 29.1 Å². The Morgan fingerprint density at radius 3 is 2.17 bits per heavy atom. The van der Waals surface area contributed by atoms with Gasteiger partial charge in [-0.3, -0.25) is 14.4 Å². The van der Waals surface area contributed by atoms with Crippen LogP contribution in [0.3, 0.4) is 0 Å². The fraction of sp³-hybridized carbons (Fsp3) is 0.500. The molecule has 0 aliphatic heterocycles. The summed E-state index contributed by atoms with van der Waals surface area (Å²) >= 11 is 1.59. The predicted molar refractivity (Wildman–Crippen MR) is 89.6 cm³/mol.